The first-order chi connectivity index (χ1) is 17.0. The third kappa shape index (κ3) is 5.55. The van der Waals surface area contributed by atoms with E-state index in [1.807, 2.05) is 0 Å². The zero-order valence-electron chi connectivity index (χ0n) is 19.6. The molecule has 0 saturated carbocycles. The van der Waals surface area contributed by atoms with Crippen molar-refractivity contribution in [3.05, 3.63) is 63.1 Å². The van der Waals surface area contributed by atoms with Gasteiger partial charge < -0.3 is 24.9 Å². The average molecular weight is 528 g/mol. The van der Waals surface area contributed by atoms with E-state index in [1.54, 1.807) is 19.0 Å². The lowest BCUT2D eigenvalue weighted by Gasteiger charge is -2.46. The van der Waals surface area contributed by atoms with E-state index >= 15 is 0 Å². The van der Waals surface area contributed by atoms with E-state index < -0.39 is 54.0 Å². The fraction of sp³-hybridized carbons (Fsp3) is 0.409. The Bertz CT molecular complexity index is 1190. The first-order valence-corrected chi connectivity index (χ1v) is 12.3. The number of carbonyl (C=O) groups is 2. The van der Waals surface area contributed by atoms with Crippen molar-refractivity contribution in [3.8, 4) is 5.75 Å². The highest BCUT2D eigenvalue weighted by molar-refractivity contribution is 7.45. The van der Waals surface area contributed by atoms with E-state index in [2.05, 4.69) is 5.32 Å². The Morgan fingerprint density at radius 3 is 2.64 bits per heavy atom. The van der Waals surface area contributed by atoms with E-state index in [0.717, 1.165) is 23.0 Å². The molecular weight excluding hydrogens is 501 g/mol. The van der Waals surface area contributed by atoms with Gasteiger partial charge in [-0.1, -0.05) is 6.07 Å². The summed E-state index contributed by atoms with van der Waals surface area (Å²) in [4.78, 5) is 57.8. The van der Waals surface area contributed by atoms with E-state index in [9.17, 15) is 38.1 Å². The molecule has 3 rings (SSSR count). The molecule has 1 aliphatic heterocycles. The van der Waals surface area contributed by atoms with Crippen LogP contribution in [0.25, 0.3) is 0 Å². The first-order valence-electron chi connectivity index (χ1n) is 10.9. The molecule has 1 atom stereocenters. The highest BCUT2D eigenvalue weighted by Crippen LogP contribution is 2.31. The molecule has 0 bridgehead atoms. The number of likely N-dealkylation sites (N-methyl/N-ethyl adjacent to an activating group) is 2. The van der Waals surface area contributed by atoms with Crippen molar-refractivity contribution >= 4 is 20.6 Å². The second kappa shape index (κ2) is 11.4. The van der Waals surface area contributed by atoms with Gasteiger partial charge in [0.1, 0.15) is 28.6 Å². The Morgan fingerprint density at radius 1 is 1.33 bits per heavy atom. The monoisotopic (exact) mass is 528 g/mol. The summed E-state index contributed by atoms with van der Waals surface area (Å²) in [5.74, 6) is -3.57. The minimum absolute atomic E-state index is 0.0210. The molecule has 196 valence electrons. The quantitative estimate of drug-likeness (QED) is 0.197. The van der Waals surface area contributed by atoms with Crippen molar-refractivity contribution < 1.29 is 38.0 Å². The minimum Gasteiger partial charge on any atom is -0.503 e. The van der Waals surface area contributed by atoms with Crippen molar-refractivity contribution in [1.29, 1.82) is 0 Å². The smallest absolute Gasteiger partial charge is 0.257 e. The molecule has 0 aliphatic carbocycles. The fourth-order valence-corrected chi connectivity index (χ4v) is 4.53. The molecule has 2 heterocycles. The van der Waals surface area contributed by atoms with Crippen LogP contribution in [0.4, 0.5) is 8.78 Å². The number of nitrogens with one attached hydrogen (secondary N) is 1. The molecule has 1 aromatic carbocycles. The van der Waals surface area contributed by atoms with E-state index in [0.29, 0.717) is 19.1 Å². The summed E-state index contributed by atoms with van der Waals surface area (Å²) in [7, 11) is 1.14. The summed E-state index contributed by atoms with van der Waals surface area (Å²) in [6.45, 7) is 0.389. The standard InChI is InChI=1S/C22H27F2N4O7P/c1-26(6-8-36(33)34)22(5-7-35-13-22)27(2)28-11-16(19(30)20(31)18(28)12-29)21(32)25-10-14-3-4-15(23)9-17(14)24/h3-4,9,11-12,31,33-34H,5-8,10,13H2,1-2H3,(H,25,32). The molecule has 1 saturated heterocycles. The summed E-state index contributed by atoms with van der Waals surface area (Å²) in [6, 6.07) is 2.83. The van der Waals surface area contributed by atoms with Crippen LogP contribution in [-0.4, -0.2) is 82.3 Å². The largest absolute Gasteiger partial charge is 0.503 e. The SMILES string of the molecule is CN(CCP(O)O)C1(N(C)n2cc(C(=O)NCc3ccc(F)cc3F)c(=O)c(O)c2C=O)CCOC1. The van der Waals surface area contributed by atoms with Crippen LogP contribution in [0, 0.1) is 11.6 Å². The van der Waals surface area contributed by atoms with Gasteiger partial charge in [0, 0.05) is 50.5 Å². The fourth-order valence-electron chi connectivity index (χ4n) is 4.05. The predicted molar refractivity (Wildman–Crippen MR) is 126 cm³/mol. The van der Waals surface area contributed by atoms with Crippen molar-refractivity contribution in [2.24, 2.45) is 0 Å². The molecule has 1 fully saturated rings. The summed E-state index contributed by atoms with van der Waals surface area (Å²) in [5, 5.41) is 14.4. The van der Waals surface area contributed by atoms with E-state index in [1.165, 1.54) is 5.01 Å². The van der Waals surface area contributed by atoms with Gasteiger partial charge in [-0.3, -0.25) is 29.0 Å². The maximum absolute atomic E-state index is 13.9. The number of hydrogen-bond acceptors (Lipinski definition) is 9. The van der Waals surface area contributed by atoms with E-state index in [-0.39, 0.29) is 37.7 Å². The van der Waals surface area contributed by atoms with Gasteiger partial charge in [-0.15, -0.1) is 0 Å². The molecule has 1 aliphatic rings. The highest BCUT2D eigenvalue weighted by atomic mass is 31.2. The molecule has 14 heteroatoms. The number of carbonyl (C=O) groups excluding carboxylic acids is 2. The second-order valence-electron chi connectivity index (χ2n) is 8.31. The third-order valence-corrected chi connectivity index (χ3v) is 6.86. The molecule has 1 amide bonds. The van der Waals surface area contributed by atoms with Crippen molar-refractivity contribution in [2.45, 2.75) is 18.6 Å². The Labute approximate surface area is 206 Å². The molecule has 2 aromatic rings. The van der Waals surface area contributed by atoms with Gasteiger partial charge in [-0.2, -0.15) is 0 Å². The maximum atomic E-state index is 13.9. The number of aromatic nitrogens is 1. The van der Waals surface area contributed by atoms with Gasteiger partial charge in [0.25, 0.3) is 5.91 Å². The van der Waals surface area contributed by atoms with Crippen LogP contribution >= 0.6 is 8.38 Å². The van der Waals surface area contributed by atoms with Crippen LogP contribution in [-0.2, 0) is 11.3 Å². The molecular formula is C22H27F2N4O7P. The Morgan fingerprint density at radius 2 is 2.06 bits per heavy atom. The number of aldehydes is 1. The number of nitrogens with zero attached hydrogens (tertiary/aromatic N) is 3. The summed E-state index contributed by atoms with van der Waals surface area (Å²) in [6.07, 6.45) is 1.87. The Kier molecular flexibility index (Phi) is 8.75. The Hall–Kier alpha value is -2.96. The number of amides is 1. The molecule has 0 spiro atoms. The molecule has 1 unspecified atom stereocenters. The topological polar surface area (TPSA) is 145 Å². The number of ether oxygens (including phenoxy) is 1. The summed E-state index contributed by atoms with van der Waals surface area (Å²) in [5.41, 5.74) is -2.97. The lowest BCUT2D eigenvalue weighted by atomic mass is 10.1. The van der Waals surface area contributed by atoms with Crippen LogP contribution in [0.5, 0.6) is 5.75 Å². The average Bonchev–Trinajstić information content (AvgIpc) is 3.34. The molecule has 4 N–H and O–H groups in total. The van der Waals surface area contributed by atoms with E-state index in [4.69, 9.17) is 4.74 Å². The lowest BCUT2D eigenvalue weighted by Crippen LogP contribution is -2.63. The van der Waals surface area contributed by atoms with Crippen molar-refractivity contribution in [2.75, 3.05) is 45.0 Å². The van der Waals surface area contributed by atoms with Gasteiger partial charge in [-0.25, -0.2) is 8.78 Å². The third-order valence-electron chi connectivity index (χ3n) is 6.26. The van der Waals surface area contributed by atoms with Crippen LogP contribution in [0.1, 0.15) is 32.8 Å². The van der Waals surface area contributed by atoms with Gasteiger partial charge in [0.15, 0.2) is 20.4 Å². The normalized spacial score (nSPS) is 17.6. The van der Waals surface area contributed by atoms with Gasteiger partial charge in [-0.05, 0) is 13.1 Å². The summed E-state index contributed by atoms with van der Waals surface area (Å²) < 4.78 is 33.8. The molecule has 36 heavy (non-hydrogen) atoms. The van der Waals surface area contributed by atoms with Gasteiger partial charge in [0.2, 0.25) is 5.43 Å². The number of hydrogen-bond donors (Lipinski definition) is 4. The summed E-state index contributed by atoms with van der Waals surface area (Å²) >= 11 is 0. The number of halogens is 2. The number of rotatable bonds is 10. The second-order valence-corrected chi connectivity index (χ2v) is 9.50. The Balaban J connectivity index is 1.97. The van der Waals surface area contributed by atoms with Gasteiger partial charge >= 0.3 is 0 Å². The number of aromatic hydroxyl groups is 1. The zero-order chi connectivity index (χ0) is 26.6. The maximum Gasteiger partial charge on any atom is 0.257 e. The molecule has 11 nitrogen and oxygen atoms in total. The lowest BCUT2D eigenvalue weighted by molar-refractivity contribution is 0.0730. The van der Waals surface area contributed by atoms with Crippen LogP contribution in [0.2, 0.25) is 0 Å². The minimum atomic E-state index is -2.15. The predicted octanol–water partition coefficient (Wildman–Crippen LogP) is 0.487. The molecule has 1 aromatic heterocycles. The highest BCUT2D eigenvalue weighted by Gasteiger charge is 2.44. The van der Waals surface area contributed by atoms with Gasteiger partial charge in [0.05, 0.1) is 13.2 Å². The number of pyridine rings is 1. The molecule has 0 radical (unpaired) electrons. The zero-order valence-corrected chi connectivity index (χ0v) is 20.5. The van der Waals surface area contributed by atoms with Crippen LogP contribution < -0.4 is 15.8 Å². The van der Waals surface area contributed by atoms with Crippen molar-refractivity contribution in [3.63, 3.8) is 0 Å². The van der Waals surface area contributed by atoms with Crippen LogP contribution in [0.3, 0.4) is 0 Å². The number of benzene rings is 1. The van der Waals surface area contributed by atoms with Crippen molar-refractivity contribution in [1.82, 2.24) is 14.9 Å². The van der Waals surface area contributed by atoms with Crippen LogP contribution in [0.15, 0.2) is 29.2 Å². The first kappa shape index (κ1) is 27.6.